The Morgan fingerprint density at radius 3 is 2.92 bits per heavy atom. The van der Waals surface area contributed by atoms with Gasteiger partial charge in [-0.25, -0.2) is 4.79 Å². The van der Waals surface area contributed by atoms with Crippen molar-refractivity contribution in [3.05, 3.63) is 16.0 Å². The van der Waals surface area contributed by atoms with E-state index in [1.807, 2.05) is 6.92 Å². The zero-order valence-corrected chi connectivity index (χ0v) is 16.3. The van der Waals surface area contributed by atoms with Crippen molar-refractivity contribution in [2.24, 2.45) is 0 Å². The number of hydrogen-bond acceptors (Lipinski definition) is 5. The summed E-state index contributed by atoms with van der Waals surface area (Å²) < 4.78 is 10.9. The summed E-state index contributed by atoms with van der Waals surface area (Å²) in [6, 6.07) is 0. The highest BCUT2D eigenvalue weighted by atomic mass is 32.1. The van der Waals surface area contributed by atoms with E-state index >= 15 is 0 Å². The lowest BCUT2D eigenvalue weighted by Gasteiger charge is -2.14. The number of fused-ring (bicyclic) bond motifs is 1. The van der Waals surface area contributed by atoms with E-state index in [1.165, 1.54) is 17.7 Å². The third kappa shape index (κ3) is 4.71. The number of hydrogen-bond donors (Lipinski definition) is 2. The van der Waals surface area contributed by atoms with Crippen LogP contribution in [0.1, 0.15) is 59.8 Å². The van der Waals surface area contributed by atoms with Crippen molar-refractivity contribution in [1.29, 1.82) is 0 Å². The highest BCUT2D eigenvalue weighted by Gasteiger charge is 2.26. The van der Waals surface area contributed by atoms with Crippen molar-refractivity contribution in [2.45, 2.75) is 58.0 Å². The minimum absolute atomic E-state index is 0.226. The zero-order valence-electron chi connectivity index (χ0n) is 14.7. The molecule has 2 N–H and O–H groups in total. The number of thiocarbonyl (C=S) groups is 1. The van der Waals surface area contributed by atoms with Gasteiger partial charge in [0.1, 0.15) is 5.00 Å². The topological polar surface area (TPSA) is 59.6 Å². The summed E-state index contributed by atoms with van der Waals surface area (Å²) in [5, 5.41) is 7.80. The summed E-state index contributed by atoms with van der Waals surface area (Å²) in [7, 11) is 0. The van der Waals surface area contributed by atoms with Crippen molar-refractivity contribution < 1.29 is 14.3 Å². The highest BCUT2D eigenvalue weighted by molar-refractivity contribution is 7.80. The van der Waals surface area contributed by atoms with Crippen LogP contribution in [0, 0.1) is 0 Å². The predicted octanol–water partition coefficient (Wildman–Crippen LogP) is 3.66. The van der Waals surface area contributed by atoms with Gasteiger partial charge in [-0.05, 0) is 63.2 Å². The molecule has 2 aliphatic rings. The number of nitrogens with one attached hydrogen (secondary N) is 2. The van der Waals surface area contributed by atoms with Gasteiger partial charge in [-0.1, -0.05) is 6.42 Å². The Balaban J connectivity index is 1.72. The Hall–Kier alpha value is -1.18. The van der Waals surface area contributed by atoms with Gasteiger partial charge in [0, 0.05) is 18.0 Å². The highest BCUT2D eigenvalue weighted by Crippen LogP contribution is 2.38. The Bertz CT molecular complexity index is 624. The normalized spacial score (nSPS) is 19.8. The molecule has 1 aromatic heterocycles. The summed E-state index contributed by atoms with van der Waals surface area (Å²) in [5.74, 6) is -0.244. The molecule has 25 heavy (non-hydrogen) atoms. The Morgan fingerprint density at radius 1 is 1.32 bits per heavy atom. The number of carbonyl (C=O) groups is 1. The Morgan fingerprint density at radius 2 is 2.16 bits per heavy atom. The molecule has 0 aromatic carbocycles. The third-order valence-corrected chi connectivity index (χ3v) is 6.10. The number of esters is 1. The minimum Gasteiger partial charge on any atom is -0.462 e. The van der Waals surface area contributed by atoms with E-state index in [9.17, 15) is 4.79 Å². The molecule has 0 unspecified atom stereocenters. The van der Waals surface area contributed by atoms with Crippen LogP contribution in [0.3, 0.4) is 0 Å². The molecule has 3 rings (SSSR count). The van der Waals surface area contributed by atoms with Gasteiger partial charge in [0.25, 0.3) is 0 Å². The first-order chi connectivity index (χ1) is 12.2. The maximum Gasteiger partial charge on any atom is 0.341 e. The van der Waals surface area contributed by atoms with Crippen molar-refractivity contribution in [3.8, 4) is 0 Å². The maximum atomic E-state index is 12.5. The summed E-state index contributed by atoms with van der Waals surface area (Å²) in [5.41, 5.74) is 1.84. The second-order valence-corrected chi connectivity index (χ2v) is 7.97. The molecular formula is C18H26N2O3S2. The molecule has 1 aliphatic carbocycles. The predicted molar refractivity (Wildman–Crippen MR) is 105 cm³/mol. The third-order valence-electron chi connectivity index (χ3n) is 4.64. The molecule has 0 saturated carbocycles. The molecule has 0 bridgehead atoms. The molecule has 1 atom stereocenters. The smallest absolute Gasteiger partial charge is 0.341 e. The largest absolute Gasteiger partial charge is 0.462 e. The van der Waals surface area contributed by atoms with Crippen LogP contribution in [0.15, 0.2) is 0 Å². The minimum atomic E-state index is -0.244. The lowest BCUT2D eigenvalue weighted by molar-refractivity contribution is 0.0527. The lowest BCUT2D eigenvalue weighted by atomic mass is 10.1. The molecule has 2 heterocycles. The first kappa shape index (κ1) is 18.6. The average molecular weight is 383 g/mol. The van der Waals surface area contributed by atoms with E-state index in [0.29, 0.717) is 23.8 Å². The Kier molecular flexibility index (Phi) is 6.67. The van der Waals surface area contributed by atoms with Crippen LogP contribution in [0.5, 0.6) is 0 Å². The SMILES string of the molecule is CCOC(=O)c1c(NC(=S)NC[C@@H]2CCCO2)sc2c1CCCCC2. The van der Waals surface area contributed by atoms with E-state index in [2.05, 4.69) is 10.6 Å². The van der Waals surface area contributed by atoms with Crippen LogP contribution in [-0.2, 0) is 22.3 Å². The molecule has 1 aromatic rings. The lowest BCUT2D eigenvalue weighted by Crippen LogP contribution is -2.35. The molecule has 1 aliphatic heterocycles. The molecule has 0 spiro atoms. The summed E-state index contributed by atoms with van der Waals surface area (Å²) in [6.45, 7) is 3.75. The van der Waals surface area contributed by atoms with Gasteiger partial charge in [0.15, 0.2) is 5.11 Å². The molecule has 138 valence electrons. The second-order valence-electron chi connectivity index (χ2n) is 6.46. The fraction of sp³-hybridized carbons (Fsp3) is 0.667. The molecule has 7 heteroatoms. The van der Waals surface area contributed by atoms with Gasteiger partial charge < -0.3 is 20.1 Å². The molecule has 0 radical (unpaired) electrons. The zero-order chi connectivity index (χ0) is 17.6. The van der Waals surface area contributed by atoms with Gasteiger partial charge in [0.2, 0.25) is 0 Å². The van der Waals surface area contributed by atoms with Gasteiger partial charge >= 0.3 is 5.97 Å². The van der Waals surface area contributed by atoms with E-state index in [-0.39, 0.29) is 12.1 Å². The number of thiophene rings is 1. The first-order valence-corrected chi connectivity index (χ1v) is 10.4. The summed E-state index contributed by atoms with van der Waals surface area (Å²) in [6.07, 6.45) is 7.89. The number of carbonyl (C=O) groups excluding carboxylic acids is 1. The average Bonchev–Trinajstić information content (AvgIpc) is 3.16. The van der Waals surface area contributed by atoms with E-state index in [1.54, 1.807) is 11.3 Å². The number of rotatable bonds is 5. The van der Waals surface area contributed by atoms with Crippen LogP contribution in [-0.4, -0.2) is 36.9 Å². The molecule has 1 fully saturated rings. The summed E-state index contributed by atoms with van der Waals surface area (Å²) >= 11 is 7.07. The van der Waals surface area contributed by atoms with Crippen LogP contribution in [0.4, 0.5) is 5.00 Å². The van der Waals surface area contributed by atoms with Gasteiger partial charge in [-0.15, -0.1) is 11.3 Å². The molecule has 5 nitrogen and oxygen atoms in total. The quantitative estimate of drug-likeness (QED) is 0.460. The van der Waals surface area contributed by atoms with Crippen LogP contribution in [0.2, 0.25) is 0 Å². The second kappa shape index (κ2) is 8.96. The van der Waals surface area contributed by atoms with Gasteiger partial charge in [-0.3, -0.25) is 0 Å². The number of ether oxygens (including phenoxy) is 2. The monoisotopic (exact) mass is 382 g/mol. The van der Waals surface area contributed by atoms with E-state index < -0.39 is 0 Å². The Labute approximate surface area is 158 Å². The maximum absolute atomic E-state index is 12.5. The van der Waals surface area contributed by atoms with Crippen LogP contribution in [0.25, 0.3) is 0 Å². The van der Waals surface area contributed by atoms with Crippen LogP contribution < -0.4 is 10.6 Å². The first-order valence-electron chi connectivity index (χ1n) is 9.17. The standard InChI is InChI=1S/C18H26N2O3S2/c1-2-22-17(21)15-13-8-4-3-5-9-14(13)25-16(15)20-18(24)19-11-12-7-6-10-23-12/h12H,2-11H2,1H3,(H2,19,20,24)/t12-/m0/s1. The number of aryl methyl sites for hydroxylation is 1. The van der Waals surface area contributed by atoms with Crippen molar-refractivity contribution in [3.63, 3.8) is 0 Å². The molecular weight excluding hydrogens is 356 g/mol. The molecule has 1 saturated heterocycles. The van der Waals surface area contributed by atoms with E-state index in [0.717, 1.165) is 49.3 Å². The van der Waals surface area contributed by atoms with Gasteiger partial charge in [-0.2, -0.15) is 0 Å². The molecule has 0 amide bonds. The van der Waals surface area contributed by atoms with Crippen molar-refractivity contribution in [1.82, 2.24) is 5.32 Å². The summed E-state index contributed by atoms with van der Waals surface area (Å²) in [4.78, 5) is 13.8. The van der Waals surface area contributed by atoms with Crippen molar-refractivity contribution in [2.75, 3.05) is 25.1 Å². The van der Waals surface area contributed by atoms with Crippen LogP contribution >= 0.6 is 23.6 Å². The fourth-order valence-corrected chi connectivity index (χ4v) is 4.94. The van der Waals surface area contributed by atoms with Crippen molar-refractivity contribution >= 4 is 39.6 Å². The number of anilines is 1. The van der Waals surface area contributed by atoms with E-state index in [4.69, 9.17) is 21.7 Å². The van der Waals surface area contributed by atoms with Gasteiger partial charge in [0.05, 0.1) is 18.3 Å². The fourth-order valence-electron chi connectivity index (χ4n) is 3.41.